The van der Waals surface area contributed by atoms with Crippen molar-refractivity contribution >= 4 is 0 Å². The van der Waals surface area contributed by atoms with E-state index >= 15 is 0 Å². The Labute approximate surface area is 111 Å². The minimum atomic E-state index is 0.540. The zero-order valence-corrected chi connectivity index (χ0v) is 12.0. The van der Waals surface area contributed by atoms with Gasteiger partial charge in [0.15, 0.2) is 0 Å². The van der Waals surface area contributed by atoms with Gasteiger partial charge in [0, 0.05) is 24.7 Å². The number of rotatable bonds is 5. The summed E-state index contributed by atoms with van der Waals surface area (Å²) in [5.74, 6) is 2.05. The number of hydrogen-bond donors (Lipinski definition) is 1. The van der Waals surface area contributed by atoms with Gasteiger partial charge in [0.05, 0.1) is 0 Å². The van der Waals surface area contributed by atoms with Crippen molar-refractivity contribution in [3.05, 3.63) is 23.2 Å². The molecule has 0 bridgehead atoms. The van der Waals surface area contributed by atoms with Crippen molar-refractivity contribution in [3.63, 3.8) is 0 Å². The standard InChI is InChI=1S/C15H26N2O/c1-12(11-17-7-5-4-6-8-17)16-10-15-9-13(2)18-14(15)3/h9,12,16H,4-8,10-11H2,1-3H3. The Balaban J connectivity index is 1.74. The van der Waals surface area contributed by atoms with E-state index in [1.807, 2.05) is 13.8 Å². The van der Waals surface area contributed by atoms with Gasteiger partial charge in [-0.2, -0.15) is 0 Å². The summed E-state index contributed by atoms with van der Waals surface area (Å²) in [6.07, 6.45) is 4.14. The molecule has 1 N–H and O–H groups in total. The van der Waals surface area contributed by atoms with Crippen LogP contribution in [0.4, 0.5) is 0 Å². The van der Waals surface area contributed by atoms with Crippen LogP contribution in [0, 0.1) is 13.8 Å². The van der Waals surface area contributed by atoms with Gasteiger partial charge >= 0.3 is 0 Å². The Kier molecular flexibility index (Phi) is 4.84. The molecule has 102 valence electrons. The van der Waals surface area contributed by atoms with Gasteiger partial charge in [-0.1, -0.05) is 6.42 Å². The molecule has 0 aromatic carbocycles. The smallest absolute Gasteiger partial charge is 0.105 e. The van der Waals surface area contributed by atoms with Gasteiger partial charge in [0.25, 0.3) is 0 Å². The number of nitrogens with one attached hydrogen (secondary N) is 1. The third-order valence-electron chi connectivity index (χ3n) is 3.77. The Morgan fingerprint density at radius 2 is 2.00 bits per heavy atom. The predicted molar refractivity (Wildman–Crippen MR) is 74.8 cm³/mol. The van der Waals surface area contributed by atoms with Gasteiger partial charge in [-0.05, 0) is 52.8 Å². The summed E-state index contributed by atoms with van der Waals surface area (Å²) in [6, 6.07) is 2.67. The average Bonchev–Trinajstić information content (AvgIpc) is 2.66. The van der Waals surface area contributed by atoms with Crippen LogP contribution >= 0.6 is 0 Å². The largest absolute Gasteiger partial charge is 0.466 e. The van der Waals surface area contributed by atoms with E-state index in [0.717, 1.165) is 24.6 Å². The van der Waals surface area contributed by atoms with E-state index in [1.54, 1.807) is 0 Å². The molecule has 1 aromatic heterocycles. The Bertz CT molecular complexity index is 367. The summed E-state index contributed by atoms with van der Waals surface area (Å²) in [5.41, 5.74) is 1.29. The van der Waals surface area contributed by atoms with Crippen LogP contribution in [0.5, 0.6) is 0 Å². The van der Waals surface area contributed by atoms with E-state index in [1.165, 1.54) is 37.9 Å². The fraction of sp³-hybridized carbons (Fsp3) is 0.733. The van der Waals surface area contributed by atoms with Crippen molar-refractivity contribution in [1.29, 1.82) is 0 Å². The van der Waals surface area contributed by atoms with Crippen LogP contribution in [0.25, 0.3) is 0 Å². The van der Waals surface area contributed by atoms with Crippen molar-refractivity contribution < 1.29 is 4.42 Å². The summed E-state index contributed by atoms with van der Waals surface area (Å²) in [6.45, 7) is 10.9. The molecule has 1 aliphatic heterocycles. The van der Waals surface area contributed by atoms with E-state index in [2.05, 4.69) is 23.2 Å². The lowest BCUT2D eigenvalue weighted by Gasteiger charge is -2.29. The van der Waals surface area contributed by atoms with Crippen molar-refractivity contribution in [3.8, 4) is 0 Å². The second-order valence-corrected chi connectivity index (χ2v) is 5.58. The summed E-state index contributed by atoms with van der Waals surface area (Å²) in [5, 5.41) is 3.60. The lowest BCUT2D eigenvalue weighted by atomic mass is 10.1. The molecule has 1 aromatic rings. The first-order valence-electron chi connectivity index (χ1n) is 7.17. The molecule has 2 heterocycles. The third kappa shape index (κ3) is 3.85. The molecule has 1 unspecified atom stereocenters. The van der Waals surface area contributed by atoms with E-state index in [-0.39, 0.29) is 0 Å². The molecule has 3 nitrogen and oxygen atoms in total. The highest BCUT2D eigenvalue weighted by Gasteiger charge is 2.13. The van der Waals surface area contributed by atoms with Crippen LogP contribution in [0.3, 0.4) is 0 Å². The fourth-order valence-corrected chi connectivity index (χ4v) is 2.74. The molecule has 1 fully saturated rings. The first-order valence-corrected chi connectivity index (χ1v) is 7.17. The van der Waals surface area contributed by atoms with Gasteiger partial charge in [-0.3, -0.25) is 0 Å². The van der Waals surface area contributed by atoms with Gasteiger partial charge in [0.2, 0.25) is 0 Å². The van der Waals surface area contributed by atoms with Crippen LogP contribution in [-0.2, 0) is 6.54 Å². The Hall–Kier alpha value is -0.800. The molecule has 1 aliphatic rings. The maximum Gasteiger partial charge on any atom is 0.105 e. The van der Waals surface area contributed by atoms with Gasteiger partial charge in [-0.25, -0.2) is 0 Å². The highest BCUT2D eigenvalue weighted by molar-refractivity contribution is 5.19. The Morgan fingerprint density at radius 1 is 1.28 bits per heavy atom. The van der Waals surface area contributed by atoms with E-state index in [4.69, 9.17) is 4.42 Å². The minimum absolute atomic E-state index is 0.540. The molecule has 1 atom stereocenters. The molecule has 0 amide bonds. The first-order chi connectivity index (χ1) is 8.65. The lowest BCUT2D eigenvalue weighted by molar-refractivity contribution is 0.209. The number of likely N-dealkylation sites (tertiary alicyclic amines) is 1. The van der Waals surface area contributed by atoms with E-state index in [9.17, 15) is 0 Å². The molecule has 2 rings (SSSR count). The highest BCUT2D eigenvalue weighted by atomic mass is 16.3. The highest BCUT2D eigenvalue weighted by Crippen LogP contribution is 2.14. The average molecular weight is 250 g/mol. The summed E-state index contributed by atoms with van der Waals surface area (Å²) in [4.78, 5) is 2.58. The normalized spacial score (nSPS) is 19.1. The number of nitrogens with zero attached hydrogens (tertiary/aromatic N) is 1. The monoisotopic (exact) mass is 250 g/mol. The fourth-order valence-electron chi connectivity index (χ4n) is 2.74. The third-order valence-corrected chi connectivity index (χ3v) is 3.77. The maximum atomic E-state index is 5.55. The first kappa shape index (κ1) is 13.6. The topological polar surface area (TPSA) is 28.4 Å². The van der Waals surface area contributed by atoms with Crippen LogP contribution in [0.1, 0.15) is 43.3 Å². The Morgan fingerprint density at radius 3 is 2.61 bits per heavy atom. The minimum Gasteiger partial charge on any atom is -0.466 e. The molecule has 0 spiro atoms. The van der Waals surface area contributed by atoms with Gasteiger partial charge in [0.1, 0.15) is 11.5 Å². The van der Waals surface area contributed by atoms with Crippen LogP contribution in [0.2, 0.25) is 0 Å². The van der Waals surface area contributed by atoms with E-state index in [0.29, 0.717) is 6.04 Å². The molecular weight excluding hydrogens is 224 g/mol. The summed E-state index contributed by atoms with van der Waals surface area (Å²) < 4.78 is 5.55. The predicted octanol–water partition coefficient (Wildman–Crippen LogP) is 2.86. The zero-order chi connectivity index (χ0) is 13.0. The molecule has 0 aliphatic carbocycles. The zero-order valence-electron chi connectivity index (χ0n) is 12.0. The van der Waals surface area contributed by atoms with Gasteiger partial charge in [-0.15, -0.1) is 0 Å². The molecule has 0 radical (unpaired) electrons. The van der Waals surface area contributed by atoms with Crippen molar-refractivity contribution in [1.82, 2.24) is 10.2 Å². The summed E-state index contributed by atoms with van der Waals surface area (Å²) >= 11 is 0. The van der Waals surface area contributed by atoms with E-state index < -0.39 is 0 Å². The molecular formula is C15H26N2O. The van der Waals surface area contributed by atoms with Gasteiger partial charge < -0.3 is 14.6 Å². The van der Waals surface area contributed by atoms with Crippen LogP contribution in [-0.4, -0.2) is 30.6 Å². The molecule has 0 saturated carbocycles. The number of aryl methyl sites for hydroxylation is 2. The lowest BCUT2D eigenvalue weighted by Crippen LogP contribution is -2.41. The van der Waals surface area contributed by atoms with Crippen LogP contribution in [0.15, 0.2) is 10.5 Å². The second kappa shape index (κ2) is 6.39. The molecule has 18 heavy (non-hydrogen) atoms. The SMILES string of the molecule is Cc1cc(CNC(C)CN2CCCCC2)c(C)o1. The van der Waals surface area contributed by atoms with Crippen molar-refractivity contribution in [2.45, 2.75) is 52.6 Å². The molecule has 3 heteroatoms. The molecule has 1 saturated heterocycles. The number of furan rings is 1. The number of hydrogen-bond acceptors (Lipinski definition) is 3. The maximum absolute atomic E-state index is 5.55. The summed E-state index contributed by atoms with van der Waals surface area (Å²) in [7, 11) is 0. The van der Waals surface area contributed by atoms with Crippen molar-refractivity contribution in [2.24, 2.45) is 0 Å². The second-order valence-electron chi connectivity index (χ2n) is 5.58. The quantitative estimate of drug-likeness (QED) is 0.871. The van der Waals surface area contributed by atoms with Crippen LogP contribution < -0.4 is 5.32 Å². The van der Waals surface area contributed by atoms with Crippen molar-refractivity contribution in [2.75, 3.05) is 19.6 Å². The number of piperidine rings is 1.